The molecule has 0 saturated heterocycles. The Kier molecular flexibility index (Phi) is 5.58. The molecule has 100 valence electrons. The van der Waals surface area contributed by atoms with Gasteiger partial charge in [-0.25, -0.2) is 0 Å². The molecular formula is C16H25NS. The second-order valence-electron chi connectivity index (χ2n) is 5.52. The highest BCUT2D eigenvalue weighted by Crippen LogP contribution is 2.17. The molecule has 18 heavy (non-hydrogen) atoms. The Labute approximate surface area is 117 Å². The summed E-state index contributed by atoms with van der Waals surface area (Å²) in [5, 5.41) is 0. The van der Waals surface area contributed by atoms with E-state index in [0.717, 1.165) is 11.7 Å². The molecule has 0 aromatic heterocycles. The van der Waals surface area contributed by atoms with Crippen LogP contribution in [0.2, 0.25) is 0 Å². The summed E-state index contributed by atoms with van der Waals surface area (Å²) < 4.78 is 0. The van der Waals surface area contributed by atoms with E-state index in [4.69, 9.17) is 0 Å². The maximum Gasteiger partial charge on any atom is 0.00221 e. The van der Waals surface area contributed by atoms with Crippen molar-refractivity contribution in [3.63, 3.8) is 0 Å². The standard InChI is InChI=1S/C16H25NS/c1-14(9-13-18)6-10-17-11-7-15-4-2-3-5-16(15)8-12-17/h2-5,14,18H,6-13H2,1H3. The van der Waals surface area contributed by atoms with Crippen molar-refractivity contribution < 1.29 is 0 Å². The van der Waals surface area contributed by atoms with Crippen molar-refractivity contribution in [1.82, 2.24) is 4.90 Å². The largest absolute Gasteiger partial charge is 0.303 e. The van der Waals surface area contributed by atoms with Gasteiger partial charge in [-0.1, -0.05) is 31.2 Å². The van der Waals surface area contributed by atoms with Crippen LogP contribution >= 0.6 is 12.6 Å². The molecule has 1 nitrogen and oxygen atoms in total. The second kappa shape index (κ2) is 7.20. The molecule has 0 saturated carbocycles. The molecule has 0 spiro atoms. The summed E-state index contributed by atoms with van der Waals surface area (Å²) in [6.07, 6.45) is 5.00. The van der Waals surface area contributed by atoms with Gasteiger partial charge in [0.15, 0.2) is 0 Å². The van der Waals surface area contributed by atoms with Gasteiger partial charge in [0.1, 0.15) is 0 Å². The summed E-state index contributed by atoms with van der Waals surface area (Å²) in [4.78, 5) is 2.63. The van der Waals surface area contributed by atoms with E-state index in [-0.39, 0.29) is 0 Å². The first kappa shape index (κ1) is 14.0. The minimum atomic E-state index is 0.813. The average molecular weight is 263 g/mol. The quantitative estimate of drug-likeness (QED) is 0.797. The highest BCUT2D eigenvalue weighted by molar-refractivity contribution is 7.80. The van der Waals surface area contributed by atoms with Crippen molar-refractivity contribution in [1.29, 1.82) is 0 Å². The predicted molar refractivity (Wildman–Crippen MR) is 82.5 cm³/mol. The number of thiol groups is 1. The van der Waals surface area contributed by atoms with Gasteiger partial charge in [0, 0.05) is 13.1 Å². The molecule has 0 fully saturated rings. The van der Waals surface area contributed by atoms with Gasteiger partial charge in [-0.05, 0) is 55.0 Å². The number of benzene rings is 1. The fourth-order valence-corrected chi connectivity index (χ4v) is 3.15. The lowest BCUT2D eigenvalue weighted by atomic mass is 10.0. The van der Waals surface area contributed by atoms with Crippen LogP contribution in [0.5, 0.6) is 0 Å². The minimum absolute atomic E-state index is 0.813. The maximum atomic E-state index is 4.32. The van der Waals surface area contributed by atoms with E-state index in [9.17, 15) is 0 Å². The van der Waals surface area contributed by atoms with Gasteiger partial charge in [-0.15, -0.1) is 0 Å². The van der Waals surface area contributed by atoms with Gasteiger partial charge < -0.3 is 4.90 Å². The topological polar surface area (TPSA) is 3.24 Å². The number of fused-ring (bicyclic) bond motifs is 1. The van der Waals surface area contributed by atoms with Crippen molar-refractivity contribution in [2.75, 3.05) is 25.4 Å². The molecule has 0 aliphatic carbocycles. The van der Waals surface area contributed by atoms with Gasteiger partial charge in [-0.2, -0.15) is 12.6 Å². The monoisotopic (exact) mass is 263 g/mol. The molecule has 1 atom stereocenters. The molecule has 0 amide bonds. The van der Waals surface area contributed by atoms with Crippen molar-refractivity contribution >= 4 is 12.6 Å². The van der Waals surface area contributed by atoms with Crippen LogP contribution in [0.15, 0.2) is 24.3 Å². The average Bonchev–Trinajstić information content (AvgIpc) is 2.59. The van der Waals surface area contributed by atoms with Gasteiger partial charge in [-0.3, -0.25) is 0 Å². The van der Waals surface area contributed by atoms with E-state index in [2.05, 4.69) is 48.7 Å². The Morgan fingerprint density at radius 1 is 1.11 bits per heavy atom. The predicted octanol–water partition coefficient (Wildman–Crippen LogP) is 3.43. The molecule has 0 N–H and O–H groups in total. The molecule has 2 rings (SSSR count). The van der Waals surface area contributed by atoms with Gasteiger partial charge >= 0.3 is 0 Å². The fraction of sp³-hybridized carbons (Fsp3) is 0.625. The number of hydrogen-bond acceptors (Lipinski definition) is 2. The maximum absolute atomic E-state index is 4.32. The van der Waals surface area contributed by atoms with Crippen molar-refractivity contribution in [2.45, 2.75) is 32.6 Å². The van der Waals surface area contributed by atoms with Crippen molar-refractivity contribution in [3.8, 4) is 0 Å². The summed E-state index contributed by atoms with van der Waals surface area (Å²) in [5.74, 6) is 1.83. The first-order chi connectivity index (χ1) is 8.79. The lowest BCUT2D eigenvalue weighted by Crippen LogP contribution is -2.28. The molecule has 1 unspecified atom stereocenters. The fourth-order valence-electron chi connectivity index (χ4n) is 2.71. The van der Waals surface area contributed by atoms with Crippen molar-refractivity contribution in [2.24, 2.45) is 5.92 Å². The number of hydrogen-bond donors (Lipinski definition) is 1. The van der Waals surface area contributed by atoms with E-state index in [0.29, 0.717) is 0 Å². The van der Waals surface area contributed by atoms with Crippen LogP contribution in [0, 0.1) is 5.92 Å². The van der Waals surface area contributed by atoms with Crippen LogP contribution in [0.4, 0.5) is 0 Å². The molecule has 2 heteroatoms. The summed E-state index contributed by atoms with van der Waals surface area (Å²) >= 11 is 4.32. The Morgan fingerprint density at radius 2 is 1.72 bits per heavy atom. The Morgan fingerprint density at radius 3 is 2.28 bits per heavy atom. The normalized spacial score (nSPS) is 18.1. The minimum Gasteiger partial charge on any atom is -0.303 e. The zero-order valence-corrected chi connectivity index (χ0v) is 12.3. The molecule has 1 aromatic rings. The lowest BCUT2D eigenvalue weighted by molar-refractivity contribution is 0.265. The van der Waals surface area contributed by atoms with Gasteiger partial charge in [0.25, 0.3) is 0 Å². The highest BCUT2D eigenvalue weighted by atomic mass is 32.1. The first-order valence-electron chi connectivity index (χ1n) is 7.19. The molecule has 0 bridgehead atoms. The van der Waals surface area contributed by atoms with Crippen molar-refractivity contribution in [3.05, 3.63) is 35.4 Å². The molecule has 1 aromatic carbocycles. The summed E-state index contributed by atoms with van der Waals surface area (Å²) in [7, 11) is 0. The van der Waals surface area contributed by atoms with Crippen LogP contribution in [0.1, 0.15) is 30.9 Å². The Balaban J connectivity index is 1.81. The van der Waals surface area contributed by atoms with Gasteiger partial charge in [0.2, 0.25) is 0 Å². The van der Waals surface area contributed by atoms with Gasteiger partial charge in [0.05, 0.1) is 0 Å². The number of nitrogens with zero attached hydrogens (tertiary/aromatic N) is 1. The zero-order valence-electron chi connectivity index (χ0n) is 11.4. The van der Waals surface area contributed by atoms with Crippen LogP contribution in [-0.2, 0) is 12.8 Å². The SMILES string of the molecule is CC(CCS)CCN1CCc2ccccc2CC1. The summed E-state index contributed by atoms with van der Waals surface area (Å²) in [6, 6.07) is 8.93. The molecular weight excluding hydrogens is 238 g/mol. The second-order valence-corrected chi connectivity index (χ2v) is 5.96. The molecule has 1 aliphatic rings. The van der Waals surface area contributed by atoms with Crippen LogP contribution in [0.25, 0.3) is 0 Å². The van der Waals surface area contributed by atoms with E-state index < -0.39 is 0 Å². The number of rotatable bonds is 5. The van der Waals surface area contributed by atoms with E-state index in [1.807, 2.05) is 0 Å². The third-order valence-electron chi connectivity index (χ3n) is 4.07. The van der Waals surface area contributed by atoms with E-state index >= 15 is 0 Å². The highest BCUT2D eigenvalue weighted by Gasteiger charge is 2.13. The Bertz CT molecular complexity index is 337. The van der Waals surface area contributed by atoms with Crippen LogP contribution in [0.3, 0.4) is 0 Å². The van der Waals surface area contributed by atoms with E-state index in [1.54, 1.807) is 11.1 Å². The summed E-state index contributed by atoms with van der Waals surface area (Å²) in [5.41, 5.74) is 3.12. The third kappa shape index (κ3) is 4.03. The summed E-state index contributed by atoms with van der Waals surface area (Å²) in [6.45, 7) is 6.06. The zero-order chi connectivity index (χ0) is 12.8. The smallest absolute Gasteiger partial charge is 0.00221 e. The molecule has 1 aliphatic heterocycles. The van der Waals surface area contributed by atoms with Crippen LogP contribution in [-0.4, -0.2) is 30.3 Å². The Hall–Kier alpha value is -0.470. The van der Waals surface area contributed by atoms with E-state index in [1.165, 1.54) is 45.3 Å². The third-order valence-corrected chi connectivity index (χ3v) is 4.33. The lowest BCUT2D eigenvalue weighted by Gasteiger charge is -2.21. The molecule has 1 heterocycles. The molecule has 0 radical (unpaired) electrons. The van der Waals surface area contributed by atoms with Crippen LogP contribution < -0.4 is 0 Å². The first-order valence-corrected chi connectivity index (χ1v) is 7.83.